The Morgan fingerprint density at radius 2 is 1.85 bits per heavy atom. The summed E-state index contributed by atoms with van der Waals surface area (Å²) >= 11 is 1.07. The molecule has 2 aromatic rings. The van der Waals surface area contributed by atoms with E-state index >= 15 is 0 Å². The molecule has 0 aliphatic carbocycles. The van der Waals surface area contributed by atoms with Crippen LogP contribution in [-0.4, -0.2) is 17.2 Å². The summed E-state index contributed by atoms with van der Waals surface area (Å²) in [5.41, 5.74) is 0.385. The fourth-order valence-electron chi connectivity index (χ4n) is 1.50. The third kappa shape index (κ3) is 3.74. The van der Waals surface area contributed by atoms with Crippen LogP contribution in [0.3, 0.4) is 0 Å². The topological polar surface area (TPSA) is 42.4 Å². The summed E-state index contributed by atoms with van der Waals surface area (Å²) in [5, 5.41) is 9.50. The van der Waals surface area contributed by atoms with E-state index in [0.29, 0.717) is 10.8 Å². The number of aliphatic hydroxyl groups is 1. The maximum Gasteiger partial charge on any atom is 0.281 e. The van der Waals surface area contributed by atoms with Gasteiger partial charge < -0.3 is 9.84 Å². The van der Waals surface area contributed by atoms with Crippen molar-refractivity contribution in [2.45, 2.75) is 26.9 Å². The molecule has 2 rings (SSSR count). The van der Waals surface area contributed by atoms with Gasteiger partial charge in [0.25, 0.3) is 6.43 Å². The van der Waals surface area contributed by atoms with E-state index in [9.17, 15) is 8.78 Å². The standard InChI is InChI=1S/C12H11F2NO2S.C2H6/c1-17-8-4-2-7(3-5-8)12-15-10(11(13)14)9(6-16)18-12;1-2/h2-5,11,16H,6H2,1H3;1-2H3. The Hall–Kier alpha value is -1.53. The summed E-state index contributed by atoms with van der Waals surface area (Å²) in [5.74, 6) is 0.687. The number of aromatic nitrogens is 1. The fourth-order valence-corrected chi connectivity index (χ4v) is 2.44. The molecule has 1 aromatic carbocycles. The van der Waals surface area contributed by atoms with E-state index in [1.54, 1.807) is 31.4 Å². The van der Waals surface area contributed by atoms with Gasteiger partial charge in [0.05, 0.1) is 18.6 Å². The van der Waals surface area contributed by atoms with Crippen molar-refractivity contribution in [2.75, 3.05) is 7.11 Å². The highest BCUT2D eigenvalue weighted by Gasteiger charge is 2.19. The predicted octanol–water partition coefficient (Wildman–Crippen LogP) is 4.27. The summed E-state index contributed by atoms with van der Waals surface area (Å²) in [6.45, 7) is 3.58. The molecule has 0 saturated heterocycles. The van der Waals surface area contributed by atoms with Crippen LogP contribution in [0.1, 0.15) is 30.8 Å². The predicted molar refractivity (Wildman–Crippen MR) is 76.3 cm³/mol. The van der Waals surface area contributed by atoms with Crippen LogP contribution < -0.4 is 4.74 Å². The first kappa shape index (κ1) is 16.5. The second-order valence-electron chi connectivity index (χ2n) is 3.51. The molecular weight excluding hydrogens is 284 g/mol. The summed E-state index contributed by atoms with van der Waals surface area (Å²) in [6, 6.07) is 6.96. The highest BCUT2D eigenvalue weighted by molar-refractivity contribution is 7.15. The minimum atomic E-state index is -2.67. The SMILES string of the molecule is CC.COc1ccc(-c2nc(C(F)F)c(CO)s2)cc1. The molecular formula is C14H17F2NO2S. The molecule has 0 spiro atoms. The van der Waals surface area contributed by atoms with E-state index in [1.807, 2.05) is 13.8 Å². The Labute approximate surface area is 120 Å². The van der Waals surface area contributed by atoms with Crippen molar-refractivity contribution in [3.8, 4) is 16.3 Å². The molecule has 1 aromatic heterocycles. The number of thiazole rings is 1. The van der Waals surface area contributed by atoms with Gasteiger partial charge in [0.1, 0.15) is 16.5 Å². The van der Waals surface area contributed by atoms with Gasteiger partial charge >= 0.3 is 0 Å². The molecule has 20 heavy (non-hydrogen) atoms. The quantitative estimate of drug-likeness (QED) is 0.916. The van der Waals surface area contributed by atoms with E-state index in [4.69, 9.17) is 9.84 Å². The molecule has 0 amide bonds. The van der Waals surface area contributed by atoms with E-state index in [0.717, 1.165) is 16.9 Å². The number of benzene rings is 1. The first-order valence-electron chi connectivity index (χ1n) is 6.18. The molecule has 0 unspecified atom stereocenters. The van der Waals surface area contributed by atoms with E-state index in [-0.39, 0.29) is 10.6 Å². The van der Waals surface area contributed by atoms with Crippen LogP contribution in [-0.2, 0) is 6.61 Å². The van der Waals surface area contributed by atoms with Crippen LogP contribution in [0.25, 0.3) is 10.6 Å². The average Bonchev–Trinajstić information content (AvgIpc) is 2.94. The van der Waals surface area contributed by atoms with Crippen LogP contribution in [0, 0.1) is 0 Å². The number of hydrogen-bond donors (Lipinski definition) is 1. The molecule has 0 aliphatic rings. The van der Waals surface area contributed by atoms with Gasteiger partial charge in [-0.3, -0.25) is 0 Å². The Morgan fingerprint density at radius 1 is 1.25 bits per heavy atom. The lowest BCUT2D eigenvalue weighted by Crippen LogP contribution is -1.90. The maximum atomic E-state index is 12.7. The summed E-state index contributed by atoms with van der Waals surface area (Å²) in [7, 11) is 1.55. The monoisotopic (exact) mass is 301 g/mol. The van der Waals surface area contributed by atoms with Crippen LogP contribution in [0.4, 0.5) is 8.78 Å². The minimum absolute atomic E-state index is 0.204. The van der Waals surface area contributed by atoms with E-state index in [1.165, 1.54) is 0 Å². The van der Waals surface area contributed by atoms with Crippen molar-refractivity contribution < 1.29 is 18.6 Å². The molecule has 0 radical (unpaired) electrons. The number of rotatable bonds is 4. The highest BCUT2D eigenvalue weighted by Crippen LogP contribution is 2.33. The first-order valence-corrected chi connectivity index (χ1v) is 7.00. The zero-order valence-corrected chi connectivity index (χ0v) is 12.4. The van der Waals surface area contributed by atoms with Crippen molar-refractivity contribution in [1.29, 1.82) is 0 Å². The van der Waals surface area contributed by atoms with Gasteiger partial charge in [0, 0.05) is 5.56 Å². The normalized spacial score (nSPS) is 10.2. The Kier molecular flexibility index (Phi) is 6.54. The van der Waals surface area contributed by atoms with E-state index in [2.05, 4.69) is 4.98 Å². The van der Waals surface area contributed by atoms with Crippen molar-refractivity contribution in [2.24, 2.45) is 0 Å². The number of nitrogens with zero attached hydrogens (tertiary/aromatic N) is 1. The Bertz CT molecular complexity index is 526. The van der Waals surface area contributed by atoms with Crippen molar-refractivity contribution in [3.63, 3.8) is 0 Å². The van der Waals surface area contributed by atoms with Gasteiger partial charge in [0.15, 0.2) is 0 Å². The zero-order valence-electron chi connectivity index (χ0n) is 11.6. The molecule has 0 fully saturated rings. The largest absolute Gasteiger partial charge is 0.497 e. The molecule has 3 nitrogen and oxygen atoms in total. The molecule has 0 saturated carbocycles. The maximum absolute atomic E-state index is 12.7. The second kappa shape index (κ2) is 7.91. The molecule has 110 valence electrons. The lowest BCUT2D eigenvalue weighted by molar-refractivity contribution is 0.143. The number of hydrogen-bond acceptors (Lipinski definition) is 4. The summed E-state index contributed by atoms with van der Waals surface area (Å²) in [4.78, 5) is 4.08. The lowest BCUT2D eigenvalue weighted by atomic mass is 10.2. The fraction of sp³-hybridized carbons (Fsp3) is 0.357. The molecule has 0 atom stereocenters. The minimum Gasteiger partial charge on any atom is -0.497 e. The van der Waals surface area contributed by atoms with Gasteiger partial charge in [0.2, 0.25) is 0 Å². The highest BCUT2D eigenvalue weighted by atomic mass is 32.1. The molecule has 1 heterocycles. The van der Waals surface area contributed by atoms with Crippen LogP contribution >= 0.6 is 11.3 Å². The number of methoxy groups -OCH3 is 1. The average molecular weight is 301 g/mol. The first-order chi connectivity index (χ1) is 9.65. The zero-order chi connectivity index (χ0) is 15.1. The molecule has 0 bridgehead atoms. The van der Waals surface area contributed by atoms with Gasteiger partial charge in [-0.2, -0.15) is 0 Å². The molecule has 0 aliphatic heterocycles. The van der Waals surface area contributed by atoms with Crippen molar-refractivity contribution >= 4 is 11.3 Å². The Morgan fingerprint density at radius 3 is 2.25 bits per heavy atom. The van der Waals surface area contributed by atoms with Gasteiger partial charge in [-0.1, -0.05) is 13.8 Å². The van der Waals surface area contributed by atoms with Gasteiger partial charge in [-0.25, -0.2) is 13.8 Å². The summed E-state index contributed by atoms with van der Waals surface area (Å²) in [6.07, 6.45) is -2.67. The number of aliphatic hydroxyl groups excluding tert-OH is 1. The van der Waals surface area contributed by atoms with E-state index < -0.39 is 13.0 Å². The van der Waals surface area contributed by atoms with Crippen molar-refractivity contribution in [3.05, 3.63) is 34.8 Å². The van der Waals surface area contributed by atoms with Gasteiger partial charge in [-0.05, 0) is 24.3 Å². The number of alkyl halides is 2. The van der Waals surface area contributed by atoms with Gasteiger partial charge in [-0.15, -0.1) is 11.3 Å². The Balaban J connectivity index is 0.000000956. The number of halogens is 2. The molecule has 6 heteroatoms. The van der Waals surface area contributed by atoms with Crippen LogP contribution in [0.15, 0.2) is 24.3 Å². The second-order valence-corrected chi connectivity index (χ2v) is 4.60. The number of ether oxygens (including phenoxy) is 1. The smallest absolute Gasteiger partial charge is 0.281 e. The third-order valence-corrected chi connectivity index (χ3v) is 3.52. The molecule has 1 N–H and O–H groups in total. The van der Waals surface area contributed by atoms with Crippen LogP contribution in [0.2, 0.25) is 0 Å². The van der Waals surface area contributed by atoms with Crippen molar-refractivity contribution in [1.82, 2.24) is 4.98 Å². The van der Waals surface area contributed by atoms with Crippen LogP contribution in [0.5, 0.6) is 5.75 Å². The third-order valence-electron chi connectivity index (χ3n) is 2.41. The lowest BCUT2D eigenvalue weighted by Gasteiger charge is -2.00. The summed E-state index contributed by atoms with van der Waals surface area (Å²) < 4.78 is 30.4.